The van der Waals surface area contributed by atoms with Crippen LogP contribution in [-0.4, -0.2) is 44.1 Å². The molecule has 0 amide bonds. The summed E-state index contributed by atoms with van der Waals surface area (Å²) >= 11 is 5.75. The number of hydrogen-bond donors (Lipinski definition) is 0. The highest BCUT2D eigenvalue weighted by molar-refractivity contribution is 6.18. The zero-order valence-electron chi connectivity index (χ0n) is 9.76. The molecule has 2 nitrogen and oxygen atoms in total. The second kappa shape index (κ2) is 9.75. The van der Waals surface area contributed by atoms with E-state index in [2.05, 4.69) is 18.7 Å². The molecule has 0 spiro atoms. The van der Waals surface area contributed by atoms with Gasteiger partial charge in [-0.1, -0.05) is 20.3 Å². The van der Waals surface area contributed by atoms with Gasteiger partial charge in [0.15, 0.2) is 0 Å². The Balaban J connectivity index is 3.69. The van der Waals surface area contributed by atoms with Crippen LogP contribution < -0.4 is 0 Å². The van der Waals surface area contributed by atoms with E-state index >= 15 is 0 Å². The van der Waals surface area contributed by atoms with Gasteiger partial charge in [-0.2, -0.15) is 0 Å². The van der Waals surface area contributed by atoms with Crippen LogP contribution >= 0.6 is 11.6 Å². The Morgan fingerprint density at radius 2 is 2.07 bits per heavy atom. The second-order valence-electron chi connectivity index (χ2n) is 3.88. The molecule has 3 heteroatoms. The van der Waals surface area contributed by atoms with E-state index in [0.29, 0.717) is 5.88 Å². The topological polar surface area (TPSA) is 12.5 Å². The van der Waals surface area contributed by atoms with Crippen molar-refractivity contribution in [3.63, 3.8) is 0 Å². The molecule has 0 aliphatic heterocycles. The van der Waals surface area contributed by atoms with E-state index in [1.54, 1.807) is 7.11 Å². The van der Waals surface area contributed by atoms with Crippen LogP contribution in [0.5, 0.6) is 0 Å². The summed E-state index contributed by atoms with van der Waals surface area (Å²) < 4.78 is 5.08. The van der Waals surface area contributed by atoms with Crippen molar-refractivity contribution in [3.8, 4) is 0 Å². The summed E-state index contributed by atoms with van der Waals surface area (Å²) in [5, 5.41) is 0. The second-order valence-corrected chi connectivity index (χ2v) is 4.25. The number of hydrogen-bond acceptors (Lipinski definition) is 2. The van der Waals surface area contributed by atoms with Crippen molar-refractivity contribution in [2.45, 2.75) is 26.7 Å². The molecule has 1 unspecified atom stereocenters. The predicted octanol–water partition coefficient (Wildman–Crippen LogP) is 2.61. The van der Waals surface area contributed by atoms with Crippen molar-refractivity contribution < 1.29 is 4.74 Å². The summed E-state index contributed by atoms with van der Waals surface area (Å²) in [6, 6.07) is 0. The summed E-state index contributed by atoms with van der Waals surface area (Å²) in [6.45, 7) is 8.45. The van der Waals surface area contributed by atoms with E-state index in [1.165, 1.54) is 12.8 Å². The molecule has 0 fully saturated rings. The zero-order chi connectivity index (χ0) is 10.8. The van der Waals surface area contributed by atoms with Gasteiger partial charge in [-0.05, 0) is 12.3 Å². The van der Waals surface area contributed by atoms with Gasteiger partial charge in [0.25, 0.3) is 0 Å². The maximum atomic E-state index is 5.75. The zero-order valence-corrected chi connectivity index (χ0v) is 10.5. The van der Waals surface area contributed by atoms with Gasteiger partial charge < -0.3 is 4.74 Å². The fourth-order valence-electron chi connectivity index (χ4n) is 1.66. The van der Waals surface area contributed by atoms with E-state index in [9.17, 15) is 0 Å². The molecule has 0 saturated heterocycles. The molecular formula is C11H24ClNO. The van der Waals surface area contributed by atoms with E-state index in [4.69, 9.17) is 16.3 Å². The molecular weight excluding hydrogens is 198 g/mol. The van der Waals surface area contributed by atoms with Gasteiger partial charge >= 0.3 is 0 Å². The quantitative estimate of drug-likeness (QED) is 0.555. The Labute approximate surface area is 93.6 Å². The minimum atomic E-state index is 0.711. The third-order valence-electron chi connectivity index (χ3n) is 2.36. The molecule has 1 atom stereocenters. The molecule has 0 aromatic carbocycles. The smallest absolute Gasteiger partial charge is 0.0589 e. The number of ether oxygens (including phenoxy) is 1. The highest BCUT2D eigenvalue weighted by Crippen LogP contribution is 2.07. The SMILES string of the molecule is CCCC(C)CN(CCCl)CCOC. The first-order chi connectivity index (χ1) is 6.74. The monoisotopic (exact) mass is 221 g/mol. The number of nitrogens with zero attached hydrogens (tertiary/aromatic N) is 1. The Bertz CT molecular complexity index is 122. The Morgan fingerprint density at radius 1 is 1.36 bits per heavy atom. The highest BCUT2D eigenvalue weighted by atomic mass is 35.5. The van der Waals surface area contributed by atoms with Gasteiger partial charge in [-0.15, -0.1) is 11.6 Å². The molecule has 86 valence electrons. The molecule has 0 rings (SSSR count). The van der Waals surface area contributed by atoms with E-state index < -0.39 is 0 Å². The van der Waals surface area contributed by atoms with Crippen LogP contribution in [0.4, 0.5) is 0 Å². The van der Waals surface area contributed by atoms with Gasteiger partial charge in [-0.3, -0.25) is 4.90 Å². The molecule has 14 heavy (non-hydrogen) atoms. The molecule has 0 bridgehead atoms. The normalized spacial score (nSPS) is 13.5. The lowest BCUT2D eigenvalue weighted by Crippen LogP contribution is -2.33. The average Bonchev–Trinajstić information content (AvgIpc) is 2.15. The van der Waals surface area contributed by atoms with Crippen LogP contribution in [0.2, 0.25) is 0 Å². The molecule has 0 aromatic heterocycles. The largest absolute Gasteiger partial charge is 0.383 e. The van der Waals surface area contributed by atoms with Crippen molar-refractivity contribution in [3.05, 3.63) is 0 Å². The number of methoxy groups -OCH3 is 1. The van der Waals surface area contributed by atoms with Gasteiger partial charge in [0, 0.05) is 32.6 Å². The lowest BCUT2D eigenvalue weighted by Gasteiger charge is -2.24. The third-order valence-corrected chi connectivity index (χ3v) is 2.53. The first-order valence-electron chi connectivity index (χ1n) is 5.51. The summed E-state index contributed by atoms with van der Waals surface area (Å²) in [5.41, 5.74) is 0. The summed E-state index contributed by atoms with van der Waals surface area (Å²) in [4.78, 5) is 2.39. The molecule has 0 aromatic rings. The lowest BCUT2D eigenvalue weighted by atomic mass is 10.1. The van der Waals surface area contributed by atoms with Crippen LogP contribution in [0.1, 0.15) is 26.7 Å². The highest BCUT2D eigenvalue weighted by Gasteiger charge is 2.08. The van der Waals surface area contributed by atoms with Crippen LogP contribution in [0.15, 0.2) is 0 Å². The van der Waals surface area contributed by atoms with Gasteiger partial charge in [0.05, 0.1) is 6.61 Å². The van der Waals surface area contributed by atoms with E-state index in [1.807, 2.05) is 0 Å². The van der Waals surface area contributed by atoms with Gasteiger partial charge in [0.2, 0.25) is 0 Å². The molecule has 0 radical (unpaired) electrons. The van der Waals surface area contributed by atoms with Gasteiger partial charge in [-0.25, -0.2) is 0 Å². The molecule has 0 heterocycles. The molecule has 0 aliphatic rings. The Hall–Kier alpha value is 0.210. The first kappa shape index (κ1) is 14.2. The minimum absolute atomic E-state index is 0.711. The van der Waals surface area contributed by atoms with Crippen molar-refractivity contribution in [1.29, 1.82) is 0 Å². The third kappa shape index (κ3) is 7.60. The average molecular weight is 222 g/mol. The van der Waals surface area contributed by atoms with Crippen molar-refractivity contribution >= 4 is 11.6 Å². The van der Waals surface area contributed by atoms with Crippen molar-refractivity contribution in [2.24, 2.45) is 5.92 Å². The fraction of sp³-hybridized carbons (Fsp3) is 1.00. The maximum Gasteiger partial charge on any atom is 0.0589 e. The van der Waals surface area contributed by atoms with Crippen LogP contribution in [0.3, 0.4) is 0 Å². The Kier molecular flexibility index (Phi) is 9.90. The Morgan fingerprint density at radius 3 is 2.57 bits per heavy atom. The minimum Gasteiger partial charge on any atom is -0.383 e. The summed E-state index contributed by atoms with van der Waals surface area (Å²) in [5.74, 6) is 1.47. The molecule has 0 saturated carbocycles. The summed E-state index contributed by atoms with van der Waals surface area (Å²) in [7, 11) is 1.74. The standard InChI is InChI=1S/C11H24ClNO/c1-4-5-11(2)10-13(7-6-12)8-9-14-3/h11H,4-10H2,1-3H3. The molecule has 0 N–H and O–H groups in total. The summed E-state index contributed by atoms with van der Waals surface area (Å²) in [6.07, 6.45) is 2.56. The van der Waals surface area contributed by atoms with E-state index in [-0.39, 0.29) is 0 Å². The predicted molar refractivity (Wildman–Crippen MR) is 63.1 cm³/mol. The van der Waals surface area contributed by atoms with Crippen LogP contribution in [0, 0.1) is 5.92 Å². The maximum absolute atomic E-state index is 5.75. The van der Waals surface area contributed by atoms with Crippen molar-refractivity contribution in [2.75, 3.05) is 39.2 Å². The fourth-order valence-corrected chi connectivity index (χ4v) is 1.90. The number of alkyl halides is 1. The number of rotatable bonds is 9. The molecule has 0 aliphatic carbocycles. The number of halogens is 1. The van der Waals surface area contributed by atoms with Crippen LogP contribution in [-0.2, 0) is 4.74 Å². The lowest BCUT2D eigenvalue weighted by molar-refractivity contribution is 0.141. The van der Waals surface area contributed by atoms with Gasteiger partial charge in [0.1, 0.15) is 0 Å². The first-order valence-corrected chi connectivity index (χ1v) is 6.05. The van der Waals surface area contributed by atoms with E-state index in [0.717, 1.165) is 32.2 Å². The van der Waals surface area contributed by atoms with Crippen LogP contribution in [0.25, 0.3) is 0 Å². The van der Waals surface area contributed by atoms with Crippen molar-refractivity contribution in [1.82, 2.24) is 4.90 Å².